The zero-order valence-corrected chi connectivity index (χ0v) is 19.6. The van der Waals surface area contributed by atoms with Gasteiger partial charge in [-0.25, -0.2) is 4.79 Å². The Labute approximate surface area is 203 Å². The summed E-state index contributed by atoms with van der Waals surface area (Å²) in [7, 11) is 0. The zero-order chi connectivity index (χ0) is 23.9. The number of nitrogens with zero attached hydrogens (tertiary/aromatic N) is 4. The van der Waals surface area contributed by atoms with Crippen molar-refractivity contribution in [2.24, 2.45) is 23.7 Å². The number of hydrogen-bond acceptors (Lipinski definition) is 6. The second kappa shape index (κ2) is 8.76. The molecule has 8 heteroatoms. The highest BCUT2D eigenvalue weighted by atomic mass is 16.5. The Bertz CT molecular complexity index is 1280. The molecule has 3 aliphatic rings. The number of H-pyrrole nitrogens is 1. The van der Waals surface area contributed by atoms with Crippen LogP contribution in [0.5, 0.6) is 0 Å². The first-order valence-corrected chi connectivity index (χ1v) is 12.3. The van der Waals surface area contributed by atoms with Gasteiger partial charge in [-0.3, -0.25) is 4.79 Å². The van der Waals surface area contributed by atoms with Crippen LogP contribution >= 0.6 is 0 Å². The number of benzene rings is 2. The van der Waals surface area contributed by atoms with Crippen LogP contribution in [-0.2, 0) is 20.9 Å². The molecule has 3 aromatic rings. The van der Waals surface area contributed by atoms with Gasteiger partial charge in [-0.1, -0.05) is 48.5 Å². The number of nitrogens with one attached hydrogen (secondary N) is 1. The molecule has 178 valence electrons. The fourth-order valence-corrected chi connectivity index (χ4v) is 6.39. The van der Waals surface area contributed by atoms with E-state index in [-0.39, 0.29) is 23.7 Å². The lowest BCUT2D eigenvalue weighted by Crippen LogP contribution is -2.28. The summed E-state index contributed by atoms with van der Waals surface area (Å²) in [5.41, 5.74) is 4.79. The number of aromatic amines is 1. The Morgan fingerprint density at radius 1 is 1.09 bits per heavy atom. The van der Waals surface area contributed by atoms with Crippen LogP contribution < -0.4 is 0 Å². The van der Waals surface area contributed by atoms with E-state index in [1.807, 2.05) is 53.4 Å². The highest BCUT2D eigenvalue weighted by Gasteiger charge is 2.58. The van der Waals surface area contributed by atoms with Crippen molar-refractivity contribution in [2.45, 2.75) is 32.7 Å². The standard InChI is InChI=1S/C27H27N5O3/c1-2-35-23(33)14-22-24-18-11-12-19(13-18)25(24)27(34)32(22)15-16-7-9-17(10-8-16)20-5-3-4-6-21(20)26-28-30-31-29-26/h3-10,14,18-19,24-25H,2,11-13,15H2,1H3,(H,28,29,30,31)/b22-14+. The van der Waals surface area contributed by atoms with Gasteiger partial charge in [0, 0.05) is 29.2 Å². The lowest BCUT2D eigenvalue weighted by atomic mass is 9.80. The van der Waals surface area contributed by atoms with E-state index in [2.05, 4.69) is 20.6 Å². The summed E-state index contributed by atoms with van der Waals surface area (Å²) in [5, 5.41) is 14.4. The van der Waals surface area contributed by atoms with Crippen molar-refractivity contribution >= 4 is 11.9 Å². The molecule has 1 saturated heterocycles. The summed E-state index contributed by atoms with van der Waals surface area (Å²) in [6.07, 6.45) is 4.93. The monoisotopic (exact) mass is 469 g/mol. The van der Waals surface area contributed by atoms with E-state index in [0.29, 0.717) is 30.8 Å². The van der Waals surface area contributed by atoms with Gasteiger partial charge >= 0.3 is 5.97 Å². The third-order valence-electron chi connectivity index (χ3n) is 7.79. The summed E-state index contributed by atoms with van der Waals surface area (Å²) in [6.45, 7) is 2.57. The molecule has 1 aromatic heterocycles. The molecule has 0 radical (unpaired) electrons. The first-order valence-electron chi connectivity index (χ1n) is 12.3. The Kier molecular flexibility index (Phi) is 5.43. The SMILES string of the molecule is CCOC(=O)/C=C1\C2C3CCC(C3)C2C(=O)N1Cc1ccc(-c2ccccc2-c2nn[nH]n2)cc1. The molecule has 1 aliphatic heterocycles. The van der Waals surface area contributed by atoms with Crippen LogP contribution in [0.2, 0.25) is 0 Å². The molecule has 4 atom stereocenters. The Balaban J connectivity index is 1.28. The number of ether oxygens (including phenoxy) is 1. The van der Waals surface area contributed by atoms with Crippen molar-refractivity contribution in [3.05, 3.63) is 65.9 Å². The predicted molar refractivity (Wildman–Crippen MR) is 128 cm³/mol. The summed E-state index contributed by atoms with van der Waals surface area (Å²) in [4.78, 5) is 27.7. The molecule has 2 bridgehead atoms. The molecule has 2 aromatic carbocycles. The Morgan fingerprint density at radius 3 is 2.54 bits per heavy atom. The van der Waals surface area contributed by atoms with E-state index in [1.54, 1.807) is 13.0 Å². The minimum Gasteiger partial charge on any atom is -0.463 e. The minimum absolute atomic E-state index is 0.00976. The molecular weight excluding hydrogens is 442 g/mol. The number of hydrogen-bond donors (Lipinski definition) is 1. The average molecular weight is 470 g/mol. The van der Waals surface area contributed by atoms with Crippen molar-refractivity contribution < 1.29 is 14.3 Å². The van der Waals surface area contributed by atoms with Crippen LogP contribution in [0.3, 0.4) is 0 Å². The number of aromatic nitrogens is 4. The second-order valence-electron chi connectivity index (χ2n) is 9.61. The maximum atomic E-state index is 13.5. The van der Waals surface area contributed by atoms with Crippen molar-refractivity contribution in [3.63, 3.8) is 0 Å². The first-order chi connectivity index (χ1) is 17.1. The molecule has 2 saturated carbocycles. The predicted octanol–water partition coefficient (Wildman–Crippen LogP) is 3.99. The Morgan fingerprint density at radius 2 is 1.83 bits per heavy atom. The number of rotatable bonds is 6. The summed E-state index contributed by atoms with van der Waals surface area (Å²) >= 11 is 0. The first kappa shape index (κ1) is 21.7. The van der Waals surface area contributed by atoms with Crippen molar-refractivity contribution in [1.82, 2.24) is 25.5 Å². The lowest BCUT2D eigenvalue weighted by molar-refractivity contribution is -0.137. The van der Waals surface area contributed by atoms with E-state index in [0.717, 1.165) is 47.2 Å². The van der Waals surface area contributed by atoms with E-state index in [1.165, 1.54) is 0 Å². The topological polar surface area (TPSA) is 101 Å². The third-order valence-corrected chi connectivity index (χ3v) is 7.79. The molecule has 6 rings (SSSR count). The van der Waals surface area contributed by atoms with Gasteiger partial charge in [0.25, 0.3) is 0 Å². The molecule has 3 fully saturated rings. The molecule has 8 nitrogen and oxygen atoms in total. The number of fused-ring (bicyclic) bond motifs is 5. The van der Waals surface area contributed by atoms with Crippen molar-refractivity contribution in [3.8, 4) is 22.5 Å². The zero-order valence-electron chi connectivity index (χ0n) is 19.6. The van der Waals surface area contributed by atoms with E-state index < -0.39 is 0 Å². The number of carbonyl (C=O) groups is 2. The summed E-state index contributed by atoms with van der Waals surface area (Å²) < 4.78 is 5.20. The van der Waals surface area contributed by atoms with Gasteiger partial charge in [0.2, 0.25) is 11.7 Å². The van der Waals surface area contributed by atoms with Gasteiger partial charge in [-0.05, 0) is 59.9 Å². The van der Waals surface area contributed by atoms with Gasteiger partial charge in [-0.15, -0.1) is 10.2 Å². The van der Waals surface area contributed by atoms with Crippen LogP contribution in [0.1, 0.15) is 31.7 Å². The minimum atomic E-state index is -0.364. The molecular formula is C27H27N5O3. The maximum absolute atomic E-state index is 13.5. The third kappa shape index (κ3) is 3.73. The highest BCUT2D eigenvalue weighted by Crippen LogP contribution is 2.59. The van der Waals surface area contributed by atoms with Crippen LogP contribution in [0.4, 0.5) is 0 Å². The fraction of sp³-hybridized carbons (Fsp3) is 0.370. The van der Waals surface area contributed by atoms with E-state index >= 15 is 0 Å². The number of allylic oxidation sites excluding steroid dienone is 1. The van der Waals surface area contributed by atoms with Crippen LogP contribution in [0.25, 0.3) is 22.5 Å². The molecule has 0 spiro atoms. The summed E-state index contributed by atoms with van der Waals surface area (Å²) in [6, 6.07) is 16.1. The number of amides is 1. The van der Waals surface area contributed by atoms with Crippen LogP contribution in [0.15, 0.2) is 60.3 Å². The fourth-order valence-electron chi connectivity index (χ4n) is 6.39. The summed E-state index contributed by atoms with van der Waals surface area (Å²) in [5.74, 6) is 1.42. The number of carbonyl (C=O) groups excluding carboxylic acids is 2. The van der Waals surface area contributed by atoms with Crippen LogP contribution in [0, 0.1) is 23.7 Å². The van der Waals surface area contributed by atoms with E-state index in [4.69, 9.17) is 4.74 Å². The maximum Gasteiger partial charge on any atom is 0.332 e. The van der Waals surface area contributed by atoms with Gasteiger partial charge < -0.3 is 9.64 Å². The lowest BCUT2D eigenvalue weighted by Gasteiger charge is -2.24. The highest BCUT2D eigenvalue weighted by molar-refractivity contribution is 5.90. The second-order valence-corrected chi connectivity index (χ2v) is 9.61. The van der Waals surface area contributed by atoms with Crippen LogP contribution in [-0.4, -0.2) is 44.0 Å². The molecule has 2 heterocycles. The largest absolute Gasteiger partial charge is 0.463 e. The van der Waals surface area contributed by atoms with Gasteiger partial charge in [0.05, 0.1) is 13.2 Å². The van der Waals surface area contributed by atoms with Gasteiger partial charge in [0.1, 0.15) is 0 Å². The van der Waals surface area contributed by atoms with E-state index in [9.17, 15) is 9.59 Å². The molecule has 1 amide bonds. The Hall–Kier alpha value is -3.81. The molecule has 1 N–H and O–H groups in total. The molecule has 4 unspecified atom stereocenters. The average Bonchev–Trinajstić information content (AvgIpc) is 3.67. The normalized spacial score (nSPS) is 25.9. The van der Waals surface area contributed by atoms with Gasteiger partial charge in [-0.2, -0.15) is 5.21 Å². The molecule has 35 heavy (non-hydrogen) atoms. The number of esters is 1. The van der Waals surface area contributed by atoms with Gasteiger partial charge in [0.15, 0.2) is 0 Å². The number of tetrazole rings is 1. The number of likely N-dealkylation sites (tertiary alicyclic amines) is 1. The quantitative estimate of drug-likeness (QED) is 0.433. The smallest absolute Gasteiger partial charge is 0.332 e. The molecule has 2 aliphatic carbocycles. The van der Waals surface area contributed by atoms with Crippen molar-refractivity contribution in [2.75, 3.05) is 6.61 Å². The van der Waals surface area contributed by atoms with Crippen molar-refractivity contribution in [1.29, 1.82) is 0 Å².